The molecule has 1 fully saturated rings. The summed E-state index contributed by atoms with van der Waals surface area (Å²) >= 11 is 0. The summed E-state index contributed by atoms with van der Waals surface area (Å²) in [5, 5.41) is 6.67. The predicted octanol–water partition coefficient (Wildman–Crippen LogP) is 5.07. The van der Waals surface area contributed by atoms with Crippen molar-refractivity contribution >= 4 is 33.9 Å². The lowest BCUT2D eigenvalue weighted by Gasteiger charge is -2.03. The molecule has 0 unspecified atom stereocenters. The van der Waals surface area contributed by atoms with Gasteiger partial charge in [-0.2, -0.15) is 5.10 Å². The second-order valence-corrected chi connectivity index (χ2v) is 7.63. The molecule has 1 aliphatic rings. The standard InChI is InChI=1S/C25H23N3O/c1-2-28-23-11-7-6-10-19(23)21-14-17(12-13-24(21)28)16-26-27-25(29)22-15-20(22)18-8-4-3-5-9-18/h3-14,16,20,22H,2,15H2,1H3,(H,27,29)/b26-16-/t20-,22+/m0/s1. The van der Waals surface area contributed by atoms with Gasteiger partial charge in [0.1, 0.15) is 0 Å². The van der Waals surface area contributed by atoms with E-state index in [2.05, 4.69) is 70.5 Å². The molecule has 1 aromatic heterocycles. The Bertz CT molecular complexity index is 1220. The van der Waals surface area contributed by atoms with Gasteiger partial charge in [-0.1, -0.05) is 54.6 Å². The Labute approximate surface area is 169 Å². The van der Waals surface area contributed by atoms with Gasteiger partial charge in [0.25, 0.3) is 0 Å². The van der Waals surface area contributed by atoms with Crippen LogP contribution in [-0.4, -0.2) is 16.7 Å². The number of benzene rings is 3. The first-order valence-electron chi connectivity index (χ1n) is 10.1. The molecule has 1 aliphatic carbocycles. The molecular formula is C25H23N3O. The molecule has 3 aromatic carbocycles. The van der Waals surface area contributed by atoms with Crippen LogP contribution >= 0.6 is 0 Å². The van der Waals surface area contributed by atoms with Crippen molar-refractivity contribution in [1.29, 1.82) is 0 Å². The van der Waals surface area contributed by atoms with Crippen LogP contribution in [0.4, 0.5) is 0 Å². The highest BCUT2D eigenvalue weighted by Crippen LogP contribution is 2.47. The smallest absolute Gasteiger partial charge is 0.243 e. The van der Waals surface area contributed by atoms with Gasteiger partial charge in [0.2, 0.25) is 5.91 Å². The van der Waals surface area contributed by atoms with E-state index < -0.39 is 0 Å². The third-order valence-corrected chi connectivity index (χ3v) is 5.86. The fourth-order valence-electron chi connectivity index (χ4n) is 4.30. The number of amides is 1. The molecule has 1 N–H and O–H groups in total. The molecule has 5 rings (SSSR count). The van der Waals surface area contributed by atoms with Gasteiger partial charge in [-0.15, -0.1) is 0 Å². The third kappa shape index (κ3) is 3.21. The summed E-state index contributed by atoms with van der Waals surface area (Å²) < 4.78 is 2.32. The van der Waals surface area contributed by atoms with Gasteiger partial charge in [0.15, 0.2) is 0 Å². The minimum Gasteiger partial charge on any atom is -0.341 e. The van der Waals surface area contributed by atoms with Crippen molar-refractivity contribution in [3.63, 3.8) is 0 Å². The molecule has 2 atom stereocenters. The highest BCUT2D eigenvalue weighted by molar-refractivity contribution is 6.09. The molecule has 0 radical (unpaired) electrons. The zero-order chi connectivity index (χ0) is 19.8. The van der Waals surface area contributed by atoms with Crippen LogP contribution in [0.25, 0.3) is 21.8 Å². The topological polar surface area (TPSA) is 46.4 Å². The Balaban J connectivity index is 1.32. The van der Waals surface area contributed by atoms with Crippen LogP contribution in [0.15, 0.2) is 77.9 Å². The molecule has 1 saturated carbocycles. The molecule has 1 heterocycles. The summed E-state index contributed by atoms with van der Waals surface area (Å²) in [6.45, 7) is 3.09. The number of hydrazone groups is 1. The highest BCUT2D eigenvalue weighted by atomic mass is 16.2. The van der Waals surface area contributed by atoms with Crippen LogP contribution in [0.3, 0.4) is 0 Å². The molecule has 4 nitrogen and oxygen atoms in total. The lowest BCUT2D eigenvalue weighted by molar-refractivity contribution is -0.122. The summed E-state index contributed by atoms with van der Waals surface area (Å²) in [5.41, 5.74) is 7.39. The zero-order valence-corrected chi connectivity index (χ0v) is 16.4. The molecule has 1 amide bonds. The quantitative estimate of drug-likeness (QED) is 0.381. The normalized spacial score (nSPS) is 18.5. The van der Waals surface area contributed by atoms with E-state index in [4.69, 9.17) is 0 Å². The highest BCUT2D eigenvalue weighted by Gasteiger charge is 2.43. The summed E-state index contributed by atoms with van der Waals surface area (Å²) in [5.74, 6) is 0.348. The van der Waals surface area contributed by atoms with Crippen LogP contribution in [0.5, 0.6) is 0 Å². The SMILES string of the molecule is CCn1c2ccccc2c2cc(/C=N\NC(=O)[C@@H]3C[C@H]3c3ccccc3)ccc21. The first kappa shape index (κ1) is 17.7. The number of para-hydroxylation sites is 1. The molecule has 144 valence electrons. The number of fused-ring (bicyclic) bond motifs is 3. The number of carbonyl (C=O) groups is 1. The predicted molar refractivity (Wildman–Crippen MR) is 118 cm³/mol. The van der Waals surface area contributed by atoms with Crippen molar-refractivity contribution in [2.75, 3.05) is 0 Å². The number of nitrogens with zero attached hydrogens (tertiary/aromatic N) is 2. The summed E-state index contributed by atoms with van der Waals surface area (Å²) in [6.07, 6.45) is 2.63. The largest absolute Gasteiger partial charge is 0.341 e. The van der Waals surface area contributed by atoms with E-state index in [1.54, 1.807) is 6.21 Å². The Hall–Kier alpha value is -3.40. The second-order valence-electron chi connectivity index (χ2n) is 7.63. The van der Waals surface area contributed by atoms with Crippen LogP contribution in [0.2, 0.25) is 0 Å². The number of aromatic nitrogens is 1. The Morgan fingerprint density at radius 3 is 2.62 bits per heavy atom. The minimum atomic E-state index is -0.00114. The number of aryl methyl sites for hydroxylation is 1. The number of hydrogen-bond acceptors (Lipinski definition) is 2. The van der Waals surface area contributed by atoms with Crippen molar-refractivity contribution in [3.8, 4) is 0 Å². The maximum absolute atomic E-state index is 12.4. The maximum Gasteiger partial charge on any atom is 0.243 e. The summed E-state index contributed by atoms with van der Waals surface area (Å²) in [6, 6.07) is 25.0. The van der Waals surface area contributed by atoms with Crippen molar-refractivity contribution in [1.82, 2.24) is 9.99 Å². The average Bonchev–Trinajstić information content (AvgIpc) is 3.51. The fourth-order valence-corrected chi connectivity index (χ4v) is 4.30. The number of hydrogen-bond donors (Lipinski definition) is 1. The van der Waals surface area contributed by atoms with Gasteiger partial charge in [-0.25, -0.2) is 5.43 Å². The zero-order valence-electron chi connectivity index (χ0n) is 16.4. The molecular weight excluding hydrogens is 358 g/mol. The molecule has 29 heavy (non-hydrogen) atoms. The van der Waals surface area contributed by atoms with Gasteiger partial charge < -0.3 is 4.57 Å². The lowest BCUT2D eigenvalue weighted by atomic mass is 10.1. The lowest BCUT2D eigenvalue weighted by Crippen LogP contribution is -2.20. The van der Waals surface area contributed by atoms with E-state index in [0.29, 0.717) is 5.92 Å². The second kappa shape index (κ2) is 7.21. The van der Waals surface area contributed by atoms with Crippen LogP contribution in [0, 0.1) is 5.92 Å². The van der Waals surface area contributed by atoms with Crippen molar-refractivity contribution in [2.24, 2.45) is 11.0 Å². The molecule has 0 spiro atoms. The Kier molecular flexibility index (Phi) is 4.39. The Morgan fingerprint density at radius 1 is 1.03 bits per heavy atom. The first-order valence-corrected chi connectivity index (χ1v) is 10.1. The van der Waals surface area contributed by atoms with Gasteiger partial charge in [-0.05, 0) is 48.6 Å². The average molecular weight is 381 g/mol. The van der Waals surface area contributed by atoms with Crippen LogP contribution in [0.1, 0.15) is 30.4 Å². The van der Waals surface area contributed by atoms with Crippen molar-refractivity contribution in [2.45, 2.75) is 25.8 Å². The summed E-state index contributed by atoms with van der Waals surface area (Å²) in [7, 11) is 0. The van der Waals surface area contributed by atoms with Gasteiger partial charge >= 0.3 is 0 Å². The third-order valence-electron chi connectivity index (χ3n) is 5.86. The summed E-state index contributed by atoms with van der Waals surface area (Å²) in [4.78, 5) is 12.4. The van der Waals surface area contributed by atoms with E-state index in [0.717, 1.165) is 18.5 Å². The molecule has 4 heteroatoms. The maximum atomic E-state index is 12.4. The van der Waals surface area contributed by atoms with Crippen molar-refractivity contribution < 1.29 is 4.79 Å². The van der Waals surface area contributed by atoms with Gasteiger partial charge in [-0.3, -0.25) is 4.79 Å². The van der Waals surface area contributed by atoms with Crippen molar-refractivity contribution in [3.05, 3.63) is 83.9 Å². The van der Waals surface area contributed by atoms with E-state index in [1.807, 2.05) is 24.3 Å². The monoisotopic (exact) mass is 381 g/mol. The van der Waals surface area contributed by atoms with E-state index in [-0.39, 0.29) is 11.8 Å². The van der Waals surface area contributed by atoms with Gasteiger partial charge in [0, 0.05) is 34.3 Å². The molecule has 0 bridgehead atoms. The minimum absolute atomic E-state index is 0.00114. The molecule has 0 aliphatic heterocycles. The Morgan fingerprint density at radius 2 is 1.79 bits per heavy atom. The van der Waals surface area contributed by atoms with Crippen LogP contribution < -0.4 is 5.43 Å². The number of nitrogens with one attached hydrogen (secondary N) is 1. The fraction of sp³-hybridized carbons (Fsp3) is 0.200. The molecule has 4 aromatic rings. The van der Waals surface area contributed by atoms with E-state index in [1.165, 1.54) is 27.4 Å². The molecule has 0 saturated heterocycles. The number of rotatable bonds is 5. The number of carbonyl (C=O) groups excluding carboxylic acids is 1. The van der Waals surface area contributed by atoms with Gasteiger partial charge in [0.05, 0.1) is 6.21 Å². The first-order chi connectivity index (χ1) is 14.3. The van der Waals surface area contributed by atoms with Crippen LogP contribution in [-0.2, 0) is 11.3 Å². The van der Waals surface area contributed by atoms with E-state index >= 15 is 0 Å². The van der Waals surface area contributed by atoms with E-state index in [9.17, 15) is 4.79 Å².